The summed E-state index contributed by atoms with van der Waals surface area (Å²) in [7, 11) is 0. The van der Waals surface area contributed by atoms with Gasteiger partial charge in [-0.25, -0.2) is 9.37 Å². The van der Waals surface area contributed by atoms with Crippen molar-refractivity contribution in [2.75, 3.05) is 24.5 Å². The van der Waals surface area contributed by atoms with Crippen LogP contribution in [0, 0.1) is 11.7 Å². The zero-order chi connectivity index (χ0) is 23.5. The van der Waals surface area contributed by atoms with Crippen LogP contribution in [-0.4, -0.2) is 51.0 Å². The van der Waals surface area contributed by atoms with Crippen molar-refractivity contribution >= 4 is 5.69 Å². The third kappa shape index (κ3) is 3.75. The number of aliphatic hydroxyl groups excluding tert-OH is 1. The van der Waals surface area contributed by atoms with Crippen LogP contribution >= 0.6 is 0 Å². The van der Waals surface area contributed by atoms with Crippen LogP contribution < -0.4 is 10.2 Å². The fraction of sp³-hybridized carbons (Fsp3) is 0.321. The van der Waals surface area contributed by atoms with E-state index in [-0.39, 0.29) is 17.8 Å². The predicted molar refractivity (Wildman–Crippen MR) is 134 cm³/mol. The van der Waals surface area contributed by atoms with Gasteiger partial charge in [-0.2, -0.15) is 0 Å². The highest BCUT2D eigenvalue weighted by molar-refractivity contribution is 5.72. The van der Waals surface area contributed by atoms with E-state index in [1.54, 1.807) is 0 Å². The average Bonchev–Trinajstić information content (AvgIpc) is 3.26. The monoisotopic (exact) mass is 469 g/mol. The molecule has 0 spiro atoms. The van der Waals surface area contributed by atoms with E-state index in [4.69, 9.17) is 0 Å². The molecule has 178 valence electrons. The number of anilines is 1. The van der Waals surface area contributed by atoms with Crippen LogP contribution in [0.15, 0.2) is 67.1 Å². The summed E-state index contributed by atoms with van der Waals surface area (Å²) in [5.74, 6) is 0.917. The second-order valence-corrected chi connectivity index (χ2v) is 10.1. The normalized spacial score (nSPS) is 20.9. The van der Waals surface area contributed by atoms with E-state index in [1.165, 1.54) is 30.5 Å². The SMILES string of the molecule is O[C@H]1CN(c2ccc3c(c2)Cn2cc(-c4ccc(F)cc4)cc2-c2nccn2-3)C[C@@H]1CNC1CC1. The molecule has 6 nitrogen and oxygen atoms in total. The number of aliphatic hydroxyl groups is 1. The average molecular weight is 470 g/mol. The Bertz CT molecular complexity index is 1390. The van der Waals surface area contributed by atoms with Crippen molar-refractivity contribution in [3.63, 3.8) is 0 Å². The van der Waals surface area contributed by atoms with Gasteiger partial charge >= 0.3 is 0 Å². The minimum atomic E-state index is -0.311. The summed E-state index contributed by atoms with van der Waals surface area (Å²) >= 11 is 0. The van der Waals surface area contributed by atoms with Crippen LogP contribution in [0.3, 0.4) is 0 Å². The van der Waals surface area contributed by atoms with Crippen molar-refractivity contribution in [1.29, 1.82) is 0 Å². The molecule has 2 atom stereocenters. The summed E-state index contributed by atoms with van der Waals surface area (Å²) < 4.78 is 17.8. The molecule has 35 heavy (non-hydrogen) atoms. The smallest absolute Gasteiger partial charge is 0.161 e. The van der Waals surface area contributed by atoms with Crippen molar-refractivity contribution in [2.45, 2.75) is 31.5 Å². The van der Waals surface area contributed by atoms with E-state index in [1.807, 2.05) is 24.5 Å². The Labute approximate surface area is 203 Å². The van der Waals surface area contributed by atoms with E-state index in [9.17, 15) is 9.50 Å². The highest BCUT2D eigenvalue weighted by atomic mass is 19.1. The molecule has 3 aliphatic rings. The standard InChI is InChI=1S/C28H28FN5O/c29-22-3-1-18(2-4-22)19-12-26-28-30-9-10-34(28)25-8-7-24(11-20(25)15-33(26)14-19)32-16-21(27(35)17-32)13-31-23-5-6-23/h1-4,7-12,14,21,23,27,31,35H,5-6,13,15-17H2/t21-,27-/m0/s1. The molecule has 1 saturated heterocycles. The first-order valence-corrected chi connectivity index (χ1v) is 12.4. The number of nitrogens with zero attached hydrogens (tertiary/aromatic N) is 4. The lowest BCUT2D eigenvalue weighted by Gasteiger charge is -2.21. The van der Waals surface area contributed by atoms with Gasteiger partial charge in [0.1, 0.15) is 5.82 Å². The van der Waals surface area contributed by atoms with Crippen molar-refractivity contribution in [3.8, 4) is 28.3 Å². The number of fused-ring (bicyclic) bond motifs is 5. The molecule has 2 aromatic carbocycles. The fourth-order valence-corrected chi connectivity index (χ4v) is 5.50. The zero-order valence-corrected chi connectivity index (χ0v) is 19.4. The lowest BCUT2D eigenvalue weighted by molar-refractivity contribution is 0.147. The lowest BCUT2D eigenvalue weighted by Crippen LogP contribution is -2.31. The van der Waals surface area contributed by atoms with Gasteiger partial charge in [0.05, 0.1) is 17.5 Å². The quantitative estimate of drug-likeness (QED) is 0.408. The second-order valence-electron chi connectivity index (χ2n) is 10.1. The summed E-state index contributed by atoms with van der Waals surface area (Å²) in [6.07, 6.45) is 8.18. The summed E-state index contributed by atoms with van der Waals surface area (Å²) in [5.41, 5.74) is 6.54. The number of β-amino-alcohol motifs (C(OH)–C–C–N with tert-alkyl or cyclic N) is 1. The maximum absolute atomic E-state index is 13.5. The number of halogens is 1. The zero-order valence-electron chi connectivity index (χ0n) is 19.4. The Hall–Kier alpha value is -3.42. The molecule has 0 bridgehead atoms. The first-order valence-electron chi connectivity index (χ1n) is 12.4. The number of benzene rings is 2. The minimum absolute atomic E-state index is 0.232. The van der Waals surface area contributed by atoms with Crippen LogP contribution in [0.1, 0.15) is 18.4 Å². The van der Waals surface area contributed by atoms with Gasteiger partial charge in [-0.1, -0.05) is 12.1 Å². The van der Waals surface area contributed by atoms with Crippen LogP contribution in [0.4, 0.5) is 10.1 Å². The van der Waals surface area contributed by atoms with Gasteiger partial charge in [0, 0.05) is 68.0 Å². The molecule has 7 heteroatoms. The number of nitrogens with one attached hydrogen (secondary N) is 1. The molecular formula is C28H28FN5O. The first-order chi connectivity index (χ1) is 17.1. The largest absolute Gasteiger partial charge is 0.391 e. The van der Waals surface area contributed by atoms with Gasteiger partial charge in [-0.3, -0.25) is 4.57 Å². The molecule has 4 aromatic rings. The Kier molecular flexibility index (Phi) is 4.82. The minimum Gasteiger partial charge on any atom is -0.391 e. The highest BCUT2D eigenvalue weighted by Crippen LogP contribution is 2.36. The lowest BCUT2D eigenvalue weighted by atomic mass is 10.1. The molecule has 1 aliphatic carbocycles. The van der Waals surface area contributed by atoms with Gasteiger partial charge in [0.2, 0.25) is 0 Å². The van der Waals surface area contributed by atoms with Crippen LogP contribution in [0.25, 0.3) is 28.3 Å². The van der Waals surface area contributed by atoms with Crippen LogP contribution in [0.5, 0.6) is 0 Å². The number of rotatable bonds is 5. The molecule has 0 amide bonds. The molecular weight excluding hydrogens is 441 g/mol. The van der Waals surface area contributed by atoms with Crippen molar-refractivity contribution in [3.05, 3.63) is 78.5 Å². The number of imidazole rings is 1. The van der Waals surface area contributed by atoms with E-state index in [0.717, 1.165) is 47.1 Å². The van der Waals surface area contributed by atoms with E-state index in [0.29, 0.717) is 19.1 Å². The third-order valence-electron chi connectivity index (χ3n) is 7.62. The maximum atomic E-state index is 13.5. The van der Waals surface area contributed by atoms with E-state index < -0.39 is 0 Å². The van der Waals surface area contributed by atoms with Gasteiger partial charge in [0.15, 0.2) is 5.82 Å². The van der Waals surface area contributed by atoms with E-state index >= 15 is 0 Å². The number of hydrogen-bond acceptors (Lipinski definition) is 4. The number of hydrogen-bond donors (Lipinski definition) is 2. The van der Waals surface area contributed by atoms with Crippen molar-refractivity contribution < 1.29 is 9.50 Å². The Balaban J connectivity index is 1.22. The molecule has 4 heterocycles. The van der Waals surface area contributed by atoms with Crippen LogP contribution in [-0.2, 0) is 6.54 Å². The molecule has 2 aromatic heterocycles. The second kappa shape index (κ2) is 8.07. The molecule has 2 fully saturated rings. The molecule has 7 rings (SSSR count). The third-order valence-corrected chi connectivity index (χ3v) is 7.62. The summed E-state index contributed by atoms with van der Waals surface area (Å²) in [6.45, 7) is 3.12. The summed E-state index contributed by atoms with van der Waals surface area (Å²) in [4.78, 5) is 6.98. The topological polar surface area (TPSA) is 58.2 Å². The molecule has 0 unspecified atom stereocenters. The van der Waals surface area contributed by atoms with Gasteiger partial charge in [0.25, 0.3) is 0 Å². The van der Waals surface area contributed by atoms with Gasteiger partial charge < -0.3 is 19.9 Å². The molecule has 0 radical (unpaired) electrons. The Morgan fingerprint density at radius 2 is 1.89 bits per heavy atom. The molecule has 1 saturated carbocycles. The maximum Gasteiger partial charge on any atom is 0.161 e. The van der Waals surface area contributed by atoms with E-state index in [2.05, 4.69) is 54.8 Å². The molecule has 2 aliphatic heterocycles. The number of aromatic nitrogens is 3. The van der Waals surface area contributed by atoms with Crippen molar-refractivity contribution in [1.82, 2.24) is 19.4 Å². The fourth-order valence-electron chi connectivity index (χ4n) is 5.50. The molecule has 2 N–H and O–H groups in total. The Morgan fingerprint density at radius 3 is 2.71 bits per heavy atom. The predicted octanol–water partition coefficient (Wildman–Crippen LogP) is 4.06. The van der Waals surface area contributed by atoms with Gasteiger partial charge in [-0.05, 0) is 60.4 Å². The highest BCUT2D eigenvalue weighted by Gasteiger charge is 2.33. The first kappa shape index (κ1) is 20.9. The van der Waals surface area contributed by atoms with Crippen molar-refractivity contribution in [2.24, 2.45) is 5.92 Å². The summed E-state index contributed by atoms with van der Waals surface area (Å²) in [6, 6.07) is 16.0. The van der Waals surface area contributed by atoms with Gasteiger partial charge in [-0.15, -0.1) is 0 Å². The summed E-state index contributed by atoms with van der Waals surface area (Å²) in [5, 5.41) is 14.3. The Morgan fingerprint density at radius 1 is 1.03 bits per heavy atom. The van der Waals surface area contributed by atoms with Crippen LogP contribution in [0.2, 0.25) is 0 Å².